The highest BCUT2D eigenvalue weighted by atomic mass is 16.1. The second-order valence-electron chi connectivity index (χ2n) is 2.90. The van der Waals surface area contributed by atoms with Gasteiger partial charge in [-0.3, -0.25) is 0 Å². The summed E-state index contributed by atoms with van der Waals surface area (Å²) in [5, 5.41) is 3.09. The second-order valence-corrected chi connectivity index (χ2v) is 2.90. The Morgan fingerprint density at radius 2 is 2.25 bits per heavy atom. The number of carbonyl (C=O) groups is 1. The zero-order valence-corrected chi connectivity index (χ0v) is 5.27. The number of aldehydes is 1. The Bertz CT molecular complexity index is 105. The third-order valence-electron chi connectivity index (χ3n) is 1.61. The van der Waals surface area contributed by atoms with E-state index < -0.39 is 0 Å². The van der Waals surface area contributed by atoms with Gasteiger partial charge in [0.1, 0.15) is 6.29 Å². The highest BCUT2D eigenvalue weighted by Crippen LogP contribution is 2.22. The van der Waals surface area contributed by atoms with Gasteiger partial charge in [0.2, 0.25) is 0 Å². The summed E-state index contributed by atoms with van der Waals surface area (Å²) >= 11 is 0. The van der Waals surface area contributed by atoms with Crippen LogP contribution < -0.4 is 5.32 Å². The maximum atomic E-state index is 10.3. The lowest BCUT2D eigenvalue weighted by atomic mass is 9.92. The summed E-state index contributed by atoms with van der Waals surface area (Å²) in [6.45, 7) is 4.90. The van der Waals surface area contributed by atoms with Crippen LogP contribution in [0.1, 0.15) is 13.8 Å². The molecule has 0 saturated carbocycles. The van der Waals surface area contributed by atoms with Crippen LogP contribution in [0.2, 0.25) is 0 Å². The first-order chi connectivity index (χ1) is 3.67. The predicted molar refractivity (Wildman–Crippen MR) is 31.6 cm³/mol. The smallest absolute Gasteiger partial charge is 0.127 e. The number of nitrogens with one attached hydrogen (secondary N) is 1. The van der Waals surface area contributed by atoms with E-state index in [4.69, 9.17) is 0 Å². The molecule has 46 valence electrons. The average molecular weight is 113 g/mol. The van der Waals surface area contributed by atoms with Crippen LogP contribution in [-0.4, -0.2) is 18.9 Å². The van der Waals surface area contributed by atoms with Gasteiger partial charge < -0.3 is 10.1 Å². The van der Waals surface area contributed by atoms with Gasteiger partial charge in [-0.25, -0.2) is 0 Å². The van der Waals surface area contributed by atoms with E-state index in [0.717, 1.165) is 12.8 Å². The summed E-state index contributed by atoms with van der Waals surface area (Å²) in [4.78, 5) is 10.3. The minimum Gasteiger partial charge on any atom is -0.310 e. The first-order valence-corrected chi connectivity index (χ1v) is 2.86. The molecule has 8 heavy (non-hydrogen) atoms. The molecule has 0 aliphatic carbocycles. The molecule has 1 aliphatic heterocycles. The van der Waals surface area contributed by atoms with Crippen molar-refractivity contribution in [3.8, 4) is 0 Å². The Balaban J connectivity index is 2.49. The molecule has 1 rings (SSSR count). The van der Waals surface area contributed by atoms with Gasteiger partial charge in [0.25, 0.3) is 0 Å². The largest absolute Gasteiger partial charge is 0.310 e. The van der Waals surface area contributed by atoms with Crippen LogP contribution in [0.15, 0.2) is 0 Å². The van der Waals surface area contributed by atoms with Crippen molar-refractivity contribution in [3.05, 3.63) is 0 Å². The number of rotatable bonds is 2. The molecule has 0 aromatic carbocycles. The lowest BCUT2D eigenvalue weighted by Crippen LogP contribution is -2.22. The molecular weight excluding hydrogens is 102 g/mol. The standard InChI is InChI=1S/C6H11NO/c1-6(2,4-8)5-3-7-5/h4-5,7H,3H2,1-2H3. The molecule has 1 aliphatic rings. The molecule has 2 nitrogen and oxygen atoms in total. The molecule has 0 radical (unpaired) electrons. The Labute approximate surface area is 49.3 Å². The first kappa shape index (κ1) is 5.76. The molecule has 1 saturated heterocycles. The van der Waals surface area contributed by atoms with Crippen molar-refractivity contribution in [3.63, 3.8) is 0 Å². The lowest BCUT2D eigenvalue weighted by molar-refractivity contribution is -0.114. The summed E-state index contributed by atoms with van der Waals surface area (Å²) in [6, 6.07) is 0.444. The minimum absolute atomic E-state index is 0.139. The van der Waals surface area contributed by atoms with E-state index in [1.54, 1.807) is 0 Å². The van der Waals surface area contributed by atoms with E-state index in [9.17, 15) is 4.79 Å². The van der Waals surface area contributed by atoms with Crippen molar-refractivity contribution in [2.24, 2.45) is 5.41 Å². The Morgan fingerprint density at radius 3 is 2.38 bits per heavy atom. The van der Waals surface area contributed by atoms with Gasteiger partial charge >= 0.3 is 0 Å². The summed E-state index contributed by atoms with van der Waals surface area (Å²) in [5.74, 6) is 0. The van der Waals surface area contributed by atoms with Crippen molar-refractivity contribution in [1.82, 2.24) is 5.32 Å². The highest BCUT2D eigenvalue weighted by molar-refractivity contribution is 5.60. The maximum absolute atomic E-state index is 10.3. The topological polar surface area (TPSA) is 39.0 Å². The van der Waals surface area contributed by atoms with Crippen LogP contribution in [0.5, 0.6) is 0 Å². The van der Waals surface area contributed by atoms with E-state index in [-0.39, 0.29) is 5.41 Å². The predicted octanol–water partition coefficient (Wildman–Crippen LogP) is 0.183. The quantitative estimate of drug-likeness (QED) is 0.410. The van der Waals surface area contributed by atoms with Crippen molar-refractivity contribution in [2.45, 2.75) is 19.9 Å². The summed E-state index contributed by atoms with van der Waals surface area (Å²) < 4.78 is 0. The summed E-state index contributed by atoms with van der Waals surface area (Å²) in [6.07, 6.45) is 1.01. The Morgan fingerprint density at radius 1 is 1.75 bits per heavy atom. The Hall–Kier alpha value is -0.370. The number of hydrogen-bond acceptors (Lipinski definition) is 2. The number of hydrogen-bond donors (Lipinski definition) is 1. The van der Waals surface area contributed by atoms with E-state index >= 15 is 0 Å². The van der Waals surface area contributed by atoms with Crippen molar-refractivity contribution < 1.29 is 4.79 Å². The highest BCUT2D eigenvalue weighted by Gasteiger charge is 2.36. The van der Waals surface area contributed by atoms with Gasteiger partial charge in [-0.1, -0.05) is 13.8 Å². The second kappa shape index (κ2) is 1.55. The molecule has 0 amide bonds. The van der Waals surface area contributed by atoms with Crippen LogP contribution in [0.3, 0.4) is 0 Å². The fraction of sp³-hybridized carbons (Fsp3) is 0.833. The van der Waals surface area contributed by atoms with Crippen molar-refractivity contribution in [2.75, 3.05) is 6.54 Å². The van der Waals surface area contributed by atoms with E-state index in [0.29, 0.717) is 6.04 Å². The van der Waals surface area contributed by atoms with E-state index in [2.05, 4.69) is 5.32 Å². The molecule has 0 aromatic rings. The summed E-state index contributed by atoms with van der Waals surface area (Å²) in [7, 11) is 0. The first-order valence-electron chi connectivity index (χ1n) is 2.86. The molecule has 0 aromatic heterocycles. The molecule has 1 fully saturated rings. The monoisotopic (exact) mass is 113 g/mol. The van der Waals surface area contributed by atoms with Crippen LogP contribution in [0.4, 0.5) is 0 Å². The zero-order chi connectivity index (χ0) is 6.20. The van der Waals surface area contributed by atoms with Gasteiger partial charge in [0.05, 0.1) is 0 Å². The minimum atomic E-state index is -0.139. The number of carbonyl (C=O) groups excluding carboxylic acids is 1. The van der Waals surface area contributed by atoms with Gasteiger partial charge in [-0.15, -0.1) is 0 Å². The fourth-order valence-corrected chi connectivity index (χ4v) is 0.667. The zero-order valence-electron chi connectivity index (χ0n) is 5.27. The Kier molecular flexibility index (Phi) is 1.12. The molecule has 1 unspecified atom stereocenters. The van der Waals surface area contributed by atoms with Crippen LogP contribution in [0, 0.1) is 5.41 Å². The molecular formula is C6H11NO. The third-order valence-corrected chi connectivity index (χ3v) is 1.61. The van der Waals surface area contributed by atoms with Gasteiger partial charge in [-0.2, -0.15) is 0 Å². The molecule has 0 spiro atoms. The normalized spacial score (nSPS) is 27.5. The third kappa shape index (κ3) is 0.892. The average Bonchev–Trinajstić information content (AvgIpc) is 2.44. The van der Waals surface area contributed by atoms with Crippen LogP contribution >= 0.6 is 0 Å². The lowest BCUT2D eigenvalue weighted by Gasteiger charge is -2.12. The molecule has 0 bridgehead atoms. The maximum Gasteiger partial charge on any atom is 0.127 e. The van der Waals surface area contributed by atoms with Gasteiger partial charge in [-0.05, 0) is 0 Å². The fourth-order valence-electron chi connectivity index (χ4n) is 0.667. The van der Waals surface area contributed by atoms with E-state index in [1.165, 1.54) is 0 Å². The molecule has 1 atom stereocenters. The molecule has 1 heterocycles. The van der Waals surface area contributed by atoms with Crippen LogP contribution in [-0.2, 0) is 4.79 Å². The van der Waals surface area contributed by atoms with Crippen molar-refractivity contribution in [1.29, 1.82) is 0 Å². The van der Waals surface area contributed by atoms with Gasteiger partial charge in [0, 0.05) is 18.0 Å². The SMILES string of the molecule is CC(C)(C=O)C1CN1. The van der Waals surface area contributed by atoms with Crippen LogP contribution in [0.25, 0.3) is 0 Å². The van der Waals surface area contributed by atoms with Gasteiger partial charge in [0.15, 0.2) is 0 Å². The van der Waals surface area contributed by atoms with Crippen molar-refractivity contribution >= 4 is 6.29 Å². The molecule has 1 N–H and O–H groups in total. The summed E-state index contributed by atoms with van der Waals surface area (Å²) in [5.41, 5.74) is -0.139. The van der Waals surface area contributed by atoms with E-state index in [1.807, 2.05) is 13.8 Å². The molecule has 2 heteroatoms.